The molecule has 0 fully saturated rings. The molecule has 0 saturated heterocycles. The molecule has 3 rings (SSSR count). The molecule has 0 radical (unpaired) electrons. The quantitative estimate of drug-likeness (QED) is 0.811. The van der Waals surface area contributed by atoms with E-state index < -0.39 is 6.10 Å². The summed E-state index contributed by atoms with van der Waals surface area (Å²) in [6, 6.07) is 13.2. The maximum absolute atomic E-state index is 11.5. The number of carbonyl (C=O) groups excluding carboxylic acids is 1. The minimum absolute atomic E-state index is 0.0935. The summed E-state index contributed by atoms with van der Waals surface area (Å²) < 4.78 is 5.70. The zero-order valence-electron chi connectivity index (χ0n) is 13.0. The van der Waals surface area contributed by atoms with Gasteiger partial charge in [-0.3, -0.25) is 4.79 Å². The standard InChI is InChI=1S/C18H20N2O3/c1-19-18(22)13-7-5-12(6-8-13)11-20-15-4-2-3-14-16(21)9-10-23-17(14)15/h2-8,16,20-21H,9-11H2,1H3,(H,19,22). The van der Waals surface area contributed by atoms with E-state index >= 15 is 0 Å². The SMILES string of the molecule is CNC(=O)c1ccc(CNc2cccc3c2OCCC3O)cc1. The molecule has 120 valence electrons. The number of amides is 1. The van der Waals surface area contributed by atoms with Crippen molar-refractivity contribution in [2.75, 3.05) is 19.0 Å². The van der Waals surface area contributed by atoms with E-state index in [1.54, 1.807) is 19.2 Å². The second kappa shape index (κ2) is 6.71. The molecule has 0 spiro atoms. The molecule has 3 N–H and O–H groups in total. The molecule has 2 aromatic carbocycles. The highest BCUT2D eigenvalue weighted by molar-refractivity contribution is 5.93. The fraction of sp³-hybridized carbons (Fsp3) is 0.278. The van der Waals surface area contributed by atoms with Crippen LogP contribution in [0.3, 0.4) is 0 Å². The van der Waals surface area contributed by atoms with Crippen molar-refractivity contribution in [2.24, 2.45) is 0 Å². The van der Waals surface area contributed by atoms with Gasteiger partial charge >= 0.3 is 0 Å². The number of carbonyl (C=O) groups is 1. The van der Waals surface area contributed by atoms with Gasteiger partial charge in [-0.25, -0.2) is 0 Å². The Bertz CT molecular complexity index is 698. The summed E-state index contributed by atoms with van der Waals surface area (Å²) in [5.74, 6) is 0.636. The van der Waals surface area contributed by atoms with Crippen LogP contribution in [0.15, 0.2) is 42.5 Å². The molecule has 1 unspecified atom stereocenters. The van der Waals surface area contributed by atoms with Gasteiger partial charge in [-0.05, 0) is 23.8 Å². The van der Waals surface area contributed by atoms with E-state index in [0.717, 1.165) is 22.6 Å². The van der Waals surface area contributed by atoms with Crippen molar-refractivity contribution < 1.29 is 14.6 Å². The minimum Gasteiger partial charge on any atom is -0.491 e. The summed E-state index contributed by atoms with van der Waals surface area (Å²) in [5, 5.41) is 16.0. The van der Waals surface area contributed by atoms with Crippen LogP contribution in [-0.4, -0.2) is 24.7 Å². The Morgan fingerprint density at radius 1 is 1.26 bits per heavy atom. The lowest BCUT2D eigenvalue weighted by Gasteiger charge is -2.24. The summed E-state index contributed by atoms with van der Waals surface area (Å²) in [5.41, 5.74) is 3.40. The third kappa shape index (κ3) is 3.29. The van der Waals surface area contributed by atoms with E-state index in [0.29, 0.717) is 25.1 Å². The molecule has 1 atom stereocenters. The maximum atomic E-state index is 11.5. The molecule has 1 aliphatic heterocycles. The van der Waals surface area contributed by atoms with Gasteiger partial charge in [-0.1, -0.05) is 24.3 Å². The highest BCUT2D eigenvalue weighted by Crippen LogP contribution is 2.37. The molecule has 23 heavy (non-hydrogen) atoms. The van der Waals surface area contributed by atoms with Gasteiger partial charge in [0.25, 0.3) is 5.91 Å². The molecule has 0 saturated carbocycles. The summed E-state index contributed by atoms with van der Waals surface area (Å²) in [6.07, 6.45) is 0.157. The number of nitrogens with one attached hydrogen (secondary N) is 2. The summed E-state index contributed by atoms with van der Waals surface area (Å²) >= 11 is 0. The van der Waals surface area contributed by atoms with E-state index in [1.165, 1.54) is 0 Å². The highest BCUT2D eigenvalue weighted by Gasteiger charge is 2.21. The van der Waals surface area contributed by atoms with E-state index in [1.807, 2.05) is 30.3 Å². The van der Waals surface area contributed by atoms with Crippen LogP contribution in [0, 0.1) is 0 Å². The topological polar surface area (TPSA) is 70.6 Å². The molecule has 5 heteroatoms. The number of benzene rings is 2. The average molecular weight is 312 g/mol. The van der Waals surface area contributed by atoms with E-state index in [2.05, 4.69) is 10.6 Å². The van der Waals surface area contributed by atoms with E-state index in [9.17, 15) is 9.90 Å². The van der Waals surface area contributed by atoms with Crippen molar-refractivity contribution in [1.82, 2.24) is 5.32 Å². The van der Waals surface area contributed by atoms with Crippen molar-refractivity contribution in [2.45, 2.75) is 19.1 Å². The number of ether oxygens (including phenoxy) is 1. The monoisotopic (exact) mass is 312 g/mol. The number of aliphatic hydroxyl groups excluding tert-OH is 1. The van der Waals surface area contributed by atoms with Crippen molar-refractivity contribution >= 4 is 11.6 Å². The molecule has 1 aliphatic rings. The van der Waals surface area contributed by atoms with Crippen LogP contribution in [0.25, 0.3) is 0 Å². The molecule has 1 heterocycles. The molecule has 0 aromatic heterocycles. The second-order valence-corrected chi connectivity index (χ2v) is 5.51. The van der Waals surface area contributed by atoms with E-state index in [4.69, 9.17) is 4.74 Å². The zero-order chi connectivity index (χ0) is 16.2. The van der Waals surface area contributed by atoms with Gasteiger partial charge in [0.1, 0.15) is 5.75 Å². The van der Waals surface area contributed by atoms with E-state index in [-0.39, 0.29) is 5.91 Å². The first-order valence-corrected chi connectivity index (χ1v) is 7.67. The van der Waals surface area contributed by atoms with Crippen molar-refractivity contribution in [1.29, 1.82) is 0 Å². The molecule has 5 nitrogen and oxygen atoms in total. The largest absolute Gasteiger partial charge is 0.491 e. The van der Waals surface area contributed by atoms with Crippen molar-refractivity contribution in [3.05, 3.63) is 59.2 Å². The first-order valence-electron chi connectivity index (χ1n) is 7.67. The average Bonchev–Trinajstić information content (AvgIpc) is 2.60. The number of anilines is 1. The normalized spacial score (nSPS) is 16.2. The number of para-hydroxylation sites is 1. The van der Waals surface area contributed by atoms with Crippen LogP contribution in [0.5, 0.6) is 5.75 Å². The molecular formula is C18H20N2O3. The first-order chi connectivity index (χ1) is 11.2. The Balaban J connectivity index is 1.71. The lowest BCUT2D eigenvalue weighted by Crippen LogP contribution is -2.17. The number of hydrogen-bond acceptors (Lipinski definition) is 4. The lowest BCUT2D eigenvalue weighted by molar-refractivity contribution is 0.0963. The van der Waals surface area contributed by atoms with Gasteiger partial charge in [-0.2, -0.15) is 0 Å². The third-order valence-electron chi connectivity index (χ3n) is 3.97. The number of rotatable bonds is 4. The molecule has 0 bridgehead atoms. The third-order valence-corrected chi connectivity index (χ3v) is 3.97. The number of aliphatic hydroxyl groups is 1. The maximum Gasteiger partial charge on any atom is 0.251 e. The lowest BCUT2D eigenvalue weighted by atomic mass is 10.0. The van der Waals surface area contributed by atoms with Crippen LogP contribution in [-0.2, 0) is 6.54 Å². The molecule has 1 amide bonds. The van der Waals surface area contributed by atoms with Crippen LogP contribution < -0.4 is 15.4 Å². The predicted molar refractivity (Wildman–Crippen MR) is 88.7 cm³/mol. The summed E-state index contributed by atoms with van der Waals surface area (Å²) in [7, 11) is 1.62. The predicted octanol–water partition coefficient (Wildman–Crippen LogP) is 2.47. The van der Waals surface area contributed by atoms with Crippen LogP contribution in [0.2, 0.25) is 0 Å². The van der Waals surface area contributed by atoms with Crippen LogP contribution >= 0.6 is 0 Å². The zero-order valence-corrected chi connectivity index (χ0v) is 13.0. The molecule has 2 aromatic rings. The Hall–Kier alpha value is -2.53. The molecule has 0 aliphatic carbocycles. The smallest absolute Gasteiger partial charge is 0.251 e. The summed E-state index contributed by atoms with van der Waals surface area (Å²) in [4.78, 5) is 11.5. The van der Waals surface area contributed by atoms with Crippen LogP contribution in [0.1, 0.15) is 34.0 Å². The Kier molecular flexibility index (Phi) is 4.48. The number of fused-ring (bicyclic) bond motifs is 1. The summed E-state index contributed by atoms with van der Waals surface area (Å²) in [6.45, 7) is 1.14. The Morgan fingerprint density at radius 2 is 2.04 bits per heavy atom. The van der Waals surface area contributed by atoms with Gasteiger partial charge in [0, 0.05) is 31.1 Å². The Labute approximate surface area is 135 Å². The van der Waals surface area contributed by atoms with Gasteiger partial charge in [0.2, 0.25) is 0 Å². The fourth-order valence-corrected chi connectivity index (χ4v) is 2.66. The molecular weight excluding hydrogens is 292 g/mol. The van der Waals surface area contributed by atoms with Gasteiger partial charge in [-0.15, -0.1) is 0 Å². The second-order valence-electron chi connectivity index (χ2n) is 5.51. The first kappa shape index (κ1) is 15.4. The van der Waals surface area contributed by atoms with Gasteiger partial charge in [0.15, 0.2) is 0 Å². The Morgan fingerprint density at radius 3 is 2.78 bits per heavy atom. The van der Waals surface area contributed by atoms with Crippen molar-refractivity contribution in [3.8, 4) is 5.75 Å². The highest BCUT2D eigenvalue weighted by atomic mass is 16.5. The van der Waals surface area contributed by atoms with Gasteiger partial charge in [0.05, 0.1) is 18.4 Å². The minimum atomic E-state index is -0.465. The van der Waals surface area contributed by atoms with Crippen molar-refractivity contribution in [3.63, 3.8) is 0 Å². The van der Waals surface area contributed by atoms with Crippen LogP contribution in [0.4, 0.5) is 5.69 Å². The fourth-order valence-electron chi connectivity index (χ4n) is 2.66. The number of hydrogen-bond donors (Lipinski definition) is 3. The van der Waals surface area contributed by atoms with Gasteiger partial charge < -0.3 is 20.5 Å².